The van der Waals surface area contributed by atoms with E-state index in [-0.39, 0.29) is 42.9 Å². The topological polar surface area (TPSA) is 152 Å². The molecule has 0 fully saturated rings. The average molecular weight is 465 g/mol. The van der Waals surface area contributed by atoms with Gasteiger partial charge >= 0.3 is 0 Å². The van der Waals surface area contributed by atoms with E-state index in [1.807, 2.05) is 24.3 Å². The molecule has 29 heavy (non-hydrogen) atoms. The number of rotatable bonds is 4. The third-order valence-electron chi connectivity index (χ3n) is 4.93. The van der Waals surface area contributed by atoms with Crippen LogP contribution in [-0.2, 0) is 16.6 Å². The van der Waals surface area contributed by atoms with Crippen molar-refractivity contribution >= 4 is 62.6 Å². The molecule has 2 aromatic heterocycles. The maximum atomic E-state index is 12.1. The fraction of sp³-hybridized carbons (Fsp3) is 0.412. The standard InChI is InChI=1S/C17H22N6O2S.2ClH.H2O/c1-26(24,25)22-9-11(5-4-8-18)23-14(10-22)21-15-16(23)12-6-2-3-7-13(12)20-17(15)19;;;/h2-3,6-7,11H,4-5,8-10,18H2,1H3,(H2,19,20);2*1H;1H2/t11-;;;/m0.../s1. The highest BCUT2D eigenvalue weighted by molar-refractivity contribution is 7.88. The van der Waals surface area contributed by atoms with Crippen molar-refractivity contribution < 1.29 is 13.9 Å². The van der Waals surface area contributed by atoms with E-state index in [0.29, 0.717) is 30.2 Å². The predicted molar refractivity (Wildman–Crippen MR) is 120 cm³/mol. The van der Waals surface area contributed by atoms with E-state index in [0.717, 1.165) is 29.3 Å². The van der Waals surface area contributed by atoms with Gasteiger partial charge in [-0.3, -0.25) is 0 Å². The maximum Gasteiger partial charge on any atom is 0.211 e. The molecule has 1 aromatic carbocycles. The Morgan fingerprint density at radius 2 is 1.90 bits per heavy atom. The van der Waals surface area contributed by atoms with Crippen LogP contribution in [0.5, 0.6) is 0 Å². The largest absolute Gasteiger partial charge is 0.412 e. The first kappa shape index (κ1) is 25.3. The highest BCUT2D eigenvalue weighted by atomic mass is 35.5. The second-order valence-corrected chi connectivity index (χ2v) is 8.73. The van der Waals surface area contributed by atoms with E-state index in [4.69, 9.17) is 11.5 Å². The number of benzene rings is 1. The van der Waals surface area contributed by atoms with Gasteiger partial charge in [0, 0.05) is 18.0 Å². The number of nitrogens with zero attached hydrogens (tertiary/aromatic N) is 4. The van der Waals surface area contributed by atoms with Crippen LogP contribution in [0.15, 0.2) is 24.3 Å². The molecule has 3 heterocycles. The summed E-state index contributed by atoms with van der Waals surface area (Å²) in [5.74, 6) is 1.06. The molecule has 9 nitrogen and oxygen atoms in total. The maximum absolute atomic E-state index is 12.1. The van der Waals surface area contributed by atoms with Crippen LogP contribution in [0.3, 0.4) is 0 Å². The summed E-state index contributed by atoms with van der Waals surface area (Å²) < 4.78 is 27.9. The number of hydrogen-bond acceptors (Lipinski definition) is 6. The highest BCUT2D eigenvalue weighted by Crippen LogP contribution is 2.35. The zero-order valence-corrected chi connectivity index (χ0v) is 18.4. The number of pyridine rings is 1. The Morgan fingerprint density at radius 3 is 2.55 bits per heavy atom. The molecule has 12 heteroatoms. The van der Waals surface area contributed by atoms with Crippen molar-refractivity contribution in [2.45, 2.75) is 25.4 Å². The van der Waals surface area contributed by atoms with Crippen molar-refractivity contribution in [3.8, 4) is 0 Å². The van der Waals surface area contributed by atoms with Crippen molar-refractivity contribution in [3.63, 3.8) is 0 Å². The minimum atomic E-state index is -3.31. The first-order chi connectivity index (χ1) is 12.4. The van der Waals surface area contributed by atoms with Crippen LogP contribution in [0.25, 0.3) is 21.9 Å². The van der Waals surface area contributed by atoms with Crippen LogP contribution < -0.4 is 11.5 Å². The summed E-state index contributed by atoms with van der Waals surface area (Å²) >= 11 is 0. The molecule has 0 spiro atoms. The van der Waals surface area contributed by atoms with E-state index < -0.39 is 10.0 Å². The quantitative estimate of drug-likeness (QED) is 0.592. The first-order valence-electron chi connectivity index (χ1n) is 8.60. The van der Waals surface area contributed by atoms with Gasteiger partial charge in [-0.1, -0.05) is 18.2 Å². The molecule has 3 aromatic rings. The molecule has 1 aliphatic heterocycles. The number of anilines is 1. The fourth-order valence-electron chi connectivity index (χ4n) is 3.74. The molecule has 0 aliphatic carbocycles. The second kappa shape index (κ2) is 9.41. The summed E-state index contributed by atoms with van der Waals surface area (Å²) in [6.45, 7) is 1.20. The number of hydrogen-bond donors (Lipinski definition) is 2. The van der Waals surface area contributed by atoms with Crippen molar-refractivity contribution in [2.24, 2.45) is 5.73 Å². The Labute approximate surface area is 181 Å². The van der Waals surface area contributed by atoms with E-state index in [1.54, 1.807) is 0 Å². The summed E-state index contributed by atoms with van der Waals surface area (Å²) in [5, 5.41) is 0.973. The third-order valence-corrected chi connectivity index (χ3v) is 6.15. The first-order valence-corrected chi connectivity index (χ1v) is 10.4. The minimum absolute atomic E-state index is 0. The highest BCUT2D eigenvalue weighted by Gasteiger charge is 2.33. The van der Waals surface area contributed by atoms with Crippen molar-refractivity contribution in [2.75, 3.05) is 25.1 Å². The number of fused-ring (bicyclic) bond motifs is 5. The molecule has 0 radical (unpaired) electrons. The van der Waals surface area contributed by atoms with Crippen LogP contribution in [0.1, 0.15) is 24.7 Å². The summed E-state index contributed by atoms with van der Waals surface area (Å²) in [6, 6.07) is 7.77. The molecule has 162 valence electrons. The van der Waals surface area contributed by atoms with Gasteiger partial charge in [-0.15, -0.1) is 24.8 Å². The Bertz CT molecular complexity index is 1110. The lowest BCUT2D eigenvalue weighted by Crippen LogP contribution is -2.40. The van der Waals surface area contributed by atoms with E-state index >= 15 is 0 Å². The van der Waals surface area contributed by atoms with Crippen molar-refractivity contribution in [1.82, 2.24) is 18.8 Å². The van der Waals surface area contributed by atoms with Gasteiger partial charge < -0.3 is 21.5 Å². The van der Waals surface area contributed by atoms with Crippen LogP contribution in [-0.4, -0.2) is 52.1 Å². The third kappa shape index (κ3) is 4.42. The molecular weight excluding hydrogens is 439 g/mol. The average Bonchev–Trinajstić information content (AvgIpc) is 2.99. The number of sulfonamides is 1. The minimum Gasteiger partial charge on any atom is -0.412 e. The van der Waals surface area contributed by atoms with Crippen LogP contribution in [0.4, 0.5) is 5.82 Å². The zero-order chi connectivity index (χ0) is 18.5. The molecular formula is C17H26Cl2N6O3S. The molecule has 1 atom stereocenters. The number of nitrogen functional groups attached to an aromatic ring is 1. The van der Waals surface area contributed by atoms with E-state index in [9.17, 15) is 8.42 Å². The van der Waals surface area contributed by atoms with Crippen LogP contribution in [0, 0.1) is 0 Å². The lowest BCUT2D eigenvalue weighted by Gasteiger charge is -2.33. The summed E-state index contributed by atoms with van der Waals surface area (Å²) in [6.07, 6.45) is 2.81. The lowest BCUT2D eigenvalue weighted by molar-refractivity contribution is 0.272. The predicted octanol–water partition coefficient (Wildman–Crippen LogP) is 1.24. The molecule has 0 saturated heterocycles. The zero-order valence-electron chi connectivity index (χ0n) is 15.9. The van der Waals surface area contributed by atoms with Gasteiger partial charge in [0.15, 0.2) is 5.82 Å². The summed E-state index contributed by atoms with van der Waals surface area (Å²) in [7, 11) is -3.31. The van der Waals surface area contributed by atoms with E-state index in [2.05, 4.69) is 14.5 Å². The molecule has 1 aliphatic rings. The van der Waals surface area contributed by atoms with Crippen molar-refractivity contribution in [3.05, 3.63) is 30.1 Å². The monoisotopic (exact) mass is 464 g/mol. The molecule has 0 bridgehead atoms. The molecule has 4 rings (SSSR count). The van der Waals surface area contributed by atoms with Gasteiger partial charge in [0.25, 0.3) is 0 Å². The fourth-order valence-corrected chi connectivity index (χ4v) is 4.53. The van der Waals surface area contributed by atoms with Gasteiger partial charge in [-0.2, -0.15) is 4.31 Å². The number of para-hydroxylation sites is 1. The number of aromatic nitrogens is 3. The van der Waals surface area contributed by atoms with E-state index in [1.165, 1.54) is 10.6 Å². The number of imidazole rings is 1. The Balaban J connectivity index is 0.00000140. The molecule has 6 N–H and O–H groups in total. The summed E-state index contributed by atoms with van der Waals surface area (Å²) in [5.41, 5.74) is 14.2. The van der Waals surface area contributed by atoms with Gasteiger partial charge in [0.2, 0.25) is 10.0 Å². The number of halogens is 2. The van der Waals surface area contributed by atoms with Gasteiger partial charge in [-0.25, -0.2) is 18.4 Å². The molecule has 0 amide bonds. The summed E-state index contributed by atoms with van der Waals surface area (Å²) in [4.78, 5) is 9.12. The van der Waals surface area contributed by atoms with Crippen molar-refractivity contribution in [1.29, 1.82) is 0 Å². The van der Waals surface area contributed by atoms with Gasteiger partial charge in [0.1, 0.15) is 11.3 Å². The Hall–Kier alpha value is -1.69. The van der Waals surface area contributed by atoms with Gasteiger partial charge in [-0.05, 0) is 25.5 Å². The molecule has 0 unspecified atom stereocenters. The lowest BCUT2D eigenvalue weighted by atomic mass is 10.1. The smallest absolute Gasteiger partial charge is 0.211 e. The van der Waals surface area contributed by atoms with Crippen LogP contribution >= 0.6 is 24.8 Å². The van der Waals surface area contributed by atoms with Gasteiger partial charge in [0.05, 0.1) is 23.8 Å². The van der Waals surface area contributed by atoms with Crippen LogP contribution in [0.2, 0.25) is 0 Å². The SMILES string of the molecule is CS(=O)(=O)N1Cc2nc3c(N)nc4ccccc4c3n2[C@@H](CCCN)C1.Cl.Cl.O. The Kier molecular flexibility index (Phi) is 8.23. The normalized spacial score (nSPS) is 16.6. The number of nitrogens with two attached hydrogens (primary N) is 2. The Morgan fingerprint density at radius 1 is 1.21 bits per heavy atom. The molecule has 0 saturated carbocycles. The second-order valence-electron chi connectivity index (χ2n) is 6.75.